The van der Waals surface area contributed by atoms with E-state index < -0.39 is 10.0 Å². The Hall–Kier alpha value is -2.41. The number of methoxy groups -OCH3 is 1. The van der Waals surface area contributed by atoms with Crippen LogP contribution >= 0.6 is 0 Å². The van der Waals surface area contributed by atoms with Gasteiger partial charge < -0.3 is 14.2 Å². The average molecular weight is 349 g/mol. The molecule has 0 amide bonds. The molecule has 2 aromatic carbocycles. The Balaban J connectivity index is 1.96. The van der Waals surface area contributed by atoms with Crippen molar-refractivity contribution in [2.75, 3.05) is 25.0 Å². The van der Waals surface area contributed by atoms with Gasteiger partial charge in [-0.2, -0.15) is 0 Å². The number of fused-ring (bicyclic) bond motifs is 1. The molecule has 0 fully saturated rings. The molecule has 2 aromatic rings. The second-order valence-corrected chi connectivity index (χ2v) is 7.20. The number of benzene rings is 2. The topological polar surface area (TPSA) is 73.9 Å². The summed E-state index contributed by atoms with van der Waals surface area (Å²) in [5.74, 6) is 1.43. The van der Waals surface area contributed by atoms with Crippen LogP contribution in [0.4, 0.5) is 5.69 Å². The molecule has 0 spiro atoms. The van der Waals surface area contributed by atoms with Gasteiger partial charge in [0.05, 0.1) is 12.8 Å². The summed E-state index contributed by atoms with van der Waals surface area (Å²) >= 11 is 0. The Kier molecular flexibility index (Phi) is 4.28. The van der Waals surface area contributed by atoms with Crippen LogP contribution in [0.3, 0.4) is 0 Å². The molecule has 6 nitrogen and oxygen atoms in total. The lowest BCUT2D eigenvalue weighted by atomic mass is 10.1. The lowest BCUT2D eigenvalue weighted by Gasteiger charge is -2.19. The summed E-state index contributed by atoms with van der Waals surface area (Å²) in [6, 6.07) is 8.25. The van der Waals surface area contributed by atoms with Crippen molar-refractivity contribution in [3.63, 3.8) is 0 Å². The maximum absolute atomic E-state index is 12.7. The van der Waals surface area contributed by atoms with Gasteiger partial charge in [0.2, 0.25) is 0 Å². The summed E-state index contributed by atoms with van der Waals surface area (Å²) in [7, 11) is -2.34. The summed E-state index contributed by atoms with van der Waals surface area (Å²) in [6.45, 7) is 4.69. The molecule has 1 heterocycles. The van der Waals surface area contributed by atoms with E-state index in [2.05, 4.69) is 4.72 Å². The third kappa shape index (κ3) is 3.12. The fourth-order valence-electron chi connectivity index (χ4n) is 2.45. The molecule has 0 unspecified atom stereocenters. The molecule has 0 aliphatic carbocycles. The minimum absolute atomic E-state index is 0.1000. The van der Waals surface area contributed by atoms with Crippen molar-refractivity contribution in [1.82, 2.24) is 0 Å². The van der Waals surface area contributed by atoms with Crippen molar-refractivity contribution in [1.29, 1.82) is 0 Å². The molecule has 3 rings (SSSR count). The van der Waals surface area contributed by atoms with Crippen LogP contribution < -0.4 is 18.9 Å². The number of sulfonamides is 1. The minimum Gasteiger partial charge on any atom is -0.495 e. The van der Waals surface area contributed by atoms with Crippen LogP contribution in [0.15, 0.2) is 35.2 Å². The first kappa shape index (κ1) is 16.4. The van der Waals surface area contributed by atoms with E-state index >= 15 is 0 Å². The molecule has 0 aromatic heterocycles. The number of hydrogen-bond donors (Lipinski definition) is 1. The molecule has 0 saturated heterocycles. The highest BCUT2D eigenvalue weighted by Crippen LogP contribution is 2.34. The average Bonchev–Trinajstić information content (AvgIpc) is 2.56. The van der Waals surface area contributed by atoms with Gasteiger partial charge >= 0.3 is 0 Å². The Morgan fingerprint density at radius 1 is 1.00 bits per heavy atom. The molecule has 1 N–H and O–H groups in total. The van der Waals surface area contributed by atoms with Crippen LogP contribution in [0.5, 0.6) is 17.2 Å². The Bertz CT molecular complexity index is 877. The van der Waals surface area contributed by atoms with Crippen LogP contribution in [0, 0.1) is 13.8 Å². The SMILES string of the molecule is COc1cc(C)c(C)cc1S(=O)(=O)Nc1ccc2c(c1)OCCO2. The van der Waals surface area contributed by atoms with E-state index in [-0.39, 0.29) is 4.90 Å². The zero-order chi connectivity index (χ0) is 17.3. The van der Waals surface area contributed by atoms with Gasteiger partial charge in [-0.25, -0.2) is 8.42 Å². The number of ether oxygens (including phenoxy) is 3. The predicted octanol–water partition coefficient (Wildman–Crippen LogP) is 2.88. The molecule has 24 heavy (non-hydrogen) atoms. The van der Waals surface area contributed by atoms with E-state index in [1.54, 1.807) is 30.3 Å². The molecular weight excluding hydrogens is 330 g/mol. The summed E-state index contributed by atoms with van der Waals surface area (Å²) < 4.78 is 44.2. The van der Waals surface area contributed by atoms with Crippen molar-refractivity contribution in [3.8, 4) is 17.2 Å². The van der Waals surface area contributed by atoms with E-state index in [0.29, 0.717) is 36.1 Å². The van der Waals surface area contributed by atoms with Crippen molar-refractivity contribution in [2.24, 2.45) is 0 Å². The number of rotatable bonds is 4. The largest absolute Gasteiger partial charge is 0.495 e. The number of nitrogens with one attached hydrogen (secondary N) is 1. The predicted molar refractivity (Wildman–Crippen MR) is 90.7 cm³/mol. The maximum atomic E-state index is 12.7. The number of aryl methyl sites for hydroxylation is 2. The normalized spacial score (nSPS) is 13.5. The zero-order valence-corrected chi connectivity index (χ0v) is 14.6. The maximum Gasteiger partial charge on any atom is 0.265 e. The Labute approximate surface area is 141 Å². The van der Waals surface area contributed by atoms with Gasteiger partial charge in [0.15, 0.2) is 11.5 Å². The quantitative estimate of drug-likeness (QED) is 0.919. The highest BCUT2D eigenvalue weighted by atomic mass is 32.2. The highest BCUT2D eigenvalue weighted by Gasteiger charge is 2.22. The van der Waals surface area contributed by atoms with Crippen LogP contribution in [0.2, 0.25) is 0 Å². The zero-order valence-electron chi connectivity index (χ0n) is 13.8. The summed E-state index contributed by atoms with van der Waals surface area (Å²) in [5.41, 5.74) is 2.24. The van der Waals surface area contributed by atoms with E-state index in [0.717, 1.165) is 11.1 Å². The van der Waals surface area contributed by atoms with Gasteiger partial charge in [-0.3, -0.25) is 4.72 Å². The third-order valence-electron chi connectivity index (χ3n) is 3.86. The van der Waals surface area contributed by atoms with Gasteiger partial charge in [-0.05, 0) is 49.2 Å². The first-order chi connectivity index (χ1) is 11.4. The molecule has 7 heteroatoms. The fraction of sp³-hybridized carbons (Fsp3) is 0.294. The van der Waals surface area contributed by atoms with Crippen LogP contribution in [-0.4, -0.2) is 28.7 Å². The number of hydrogen-bond acceptors (Lipinski definition) is 5. The van der Waals surface area contributed by atoms with E-state index in [4.69, 9.17) is 14.2 Å². The first-order valence-electron chi connectivity index (χ1n) is 7.48. The van der Waals surface area contributed by atoms with Crippen LogP contribution in [0.25, 0.3) is 0 Å². The van der Waals surface area contributed by atoms with Crippen molar-refractivity contribution < 1.29 is 22.6 Å². The molecule has 0 radical (unpaired) electrons. The monoisotopic (exact) mass is 349 g/mol. The highest BCUT2D eigenvalue weighted by molar-refractivity contribution is 7.92. The van der Waals surface area contributed by atoms with Crippen molar-refractivity contribution in [2.45, 2.75) is 18.7 Å². The summed E-state index contributed by atoms with van der Waals surface area (Å²) in [4.78, 5) is 0.1000. The van der Waals surface area contributed by atoms with Gasteiger partial charge in [-0.15, -0.1) is 0 Å². The Morgan fingerprint density at radius 3 is 2.38 bits per heavy atom. The molecule has 0 bridgehead atoms. The van der Waals surface area contributed by atoms with Crippen LogP contribution in [-0.2, 0) is 10.0 Å². The van der Waals surface area contributed by atoms with E-state index in [9.17, 15) is 8.42 Å². The summed E-state index contributed by atoms with van der Waals surface area (Å²) in [6.07, 6.45) is 0. The van der Waals surface area contributed by atoms with Crippen molar-refractivity contribution in [3.05, 3.63) is 41.5 Å². The molecule has 0 atom stereocenters. The minimum atomic E-state index is -3.79. The fourth-order valence-corrected chi connectivity index (χ4v) is 3.74. The molecule has 1 aliphatic heterocycles. The smallest absolute Gasteiger partial charge is 0.265 e. The first-order valence-corrected chi connectivity index (χ1v) is 8.97. The molecule has 128 valence electrons. The van der Waals surface area contributed by atoms with E-state index in [1.807, 2.05) is 13.8 Å². The molecular formula is C17H19NO5S. The Morgan fingerprint density at radius 2 is 1.67 bits per heavy atom. The summed E-state index contributed by atoms with van der Waals surface area (Å²) in [5, 5.41) is 0. The molecule has 0 saturated carbocycles. The van der Waals surface area contributed by atoms with Crippen molar-refractivity contribution >= 4 is 15.7 Å². The second-order valence-electron chi connectivity index (χ2n) is 5.55. The van der Waals surface area contributed by atoms with Gasteiger partial charge in [0, 0.05) is 6.07 Å². The van der Waals surface area contributed by atoms with Gasteiger partial charge in [0.25, 0.3) is 10.0 Å². The number of anilines is 1. The van der Waals surface area contributed by atoms with Crippen LogP contribution in [0.1, 0.15) is 11.1 Å². The third-order valence-corrected chi connectivity index (χ3v) is 5.27. The second kappa shape index (κ2) is 6.24. The molecule has 1 aliphatic rings. The van der Waals surface area contributed by atoms with E-state index in [1.165, 1.54) is 7.11 Å². The standard InChI is InChI=1S/C17H19NO5S/c1-11-8-16(21-3)17(9-12(11)2)24(19,20)18-13-4-5-14-15(10-13)23-7-6-22-14/h4-5,8-10,18H,6-7H2,1-3H3. The van der Waals surface area contributed by atoms with Gasteiger partial charge in [0.1, 0.15) is 23.9 Å². The van der Waals surface area contributed by atoms with Gasteiger partial charge in [-0.1, -0.05) is 0 Å². The lowest BCUT2D eigenvalue weighted by Crippen LogP contribution is -2.17. The lowest BCUT2D eigenvalue weighted by molar-refractivity contribution is 0.171.